The van der Waals surface area contributed by atoms with Gasteiger partial charge in [-0.25, -0.2) is 14.6 Å². The van der Waals surface area contributed by atoms with Crippen molar-refractivity contribution in [2.75, 3.05) is 24.5 Å². The predicted octanol–water partition coefficient (Wildman–Crippen LogP) is 3.26. The van der Waals surface area contributed by atoms with Crippen LogP contribution in [0.3, 0.4) is 0 Å². The SMILES string of the molecule is CC(C)(C)OC(=O)N1CCN(c2ncc(C(F)(F)F)cc2Cl)[C@@H](C(=O)O)C1. The highest BCUT2D eigenvalue weighted by Crippen LogP contribution is 2.34. The fourth-order valence-electron chi connectivity index (χ4n) is 2.54. The Kier molecular flexibility index (Phi) is 5.79. The van der Waals surface area contributed by atoms with Crippen molar-refractivity contribution in [3.63, 3.8) is 0 Å². The molecule has 0 saturated carbocycles. The van der Waals surface area contributed by atoms with Gasteiger partial charge in [0.25, 0.3) is 0 Å². The van der Waals surface area contributed by atoms with Crippen molar-refractivity contribution < 1.29 is 32.6 Å². The number of pyridine rings is 1. The van der Waals surface area contributed by atoms with Crippen molar-refractivity contribution in [2.24, 2.45) is 0 Å². The van der Waals surface area contributed by atoms with Crippen LogP contribution in [0.5, 0.6) is 0 Å². The van der Waals surface area contributed by atoms with Gasteiger partial charge < -0.3 is 19.6 Å². The average molecular weight is 410 g/mol. The number of carboxylic acid groups (broad SMARTS) is 1. The third-order valence-electron chi connectivity index (χ3n) is 3.74. The number of carbonyl (C=O) groups excluding carboxylic acids is 1. The molecular weight excluding hydrogens is 391 g/mol. The standard InChI is InChI=1S/C16H19ClF3N3O4/c1-15(2,3)27-14(26)22-4-5-23(11(8-22)13(24)25)12-10(17)6-9(7-21-12)16(18,19)20/h6-7,11H,4-5,8H2,1-3H3,(H,24,25)/t11-/m1/s1. The molecule has 150 valence electrons. The zero-order valence-electron chi connectivity index (χ0n) is 14.9. The van der Waals surface area contributed by atoms with E-state index in [1.807, 2.05) is 0 Å². The minimum Gasteiger partial charge on any atom is -0.480 e. The van der Waals surface area contributed by atoms with Gasteiger partial charge in [0.05, 0.1) is 17.1 Å². The third-order valence-corrected chi connectivity index (χ3v) is 4.02. The molecule has 0 bridgehead atoms. The van der Waals surface area contributed by atoms with Gasteiger partial charge in [-0.2, -0.15) is 13.2 Å². The van der Waals surface area contributed by atoms with Gasteiger partial charge in [-0.3, -0.25) is 0 Å². The summed E-state index contributed by atoms with van der Waals surface area (Å²) >= 11 is 5.92. The number of rotatable bonds is 2. The van der Waals surface area contributed by atoms with Gasteiger partial charge in [-0.1, -0.05) is 11.6 Å². The van der Waals surface area contributed by atoms with E-state index in [0.717, 1.165) is 0 Å². The molecule has 1 saturated heterocycles. The third kappa shape index (κ3) is 5.15. The molecule has 0 spiro atoms. The zero-order valence-corrected chi connectivity index (χ0v) is 15.6. The van der Waals surface area contributed by atoms with E-state index < -0.39 is 35.4 Å². The summed E-state index contributed by atoms with van der Waals surface area (Å²) in [4.78, 5) is 30.0. The first-order valence-electron chi connectivity index (χ1n) is 7.99. The molecule has 1 amide bonds. The zero-order chi connectivity index (χ0) is 20.6. The largest absolute Gasteiger partial charge is 0.480 e. The van der Waals surface area contributed by atoms with Crippen LogP contribution in [0.15, 0.2) is 12.3 Å². The van der Waals surface area contributed by atoms with E-state index in [-0.39, 0.29) is 30.5 Å². The van der Waals surface area contributed by atoms with Gasteiger partial charge >= 0.3 is 18.2 Å². The van der Waals surface area contributed by atoms with Crippen LogP contribution in [0.4, 0.5) is 23.8 Å². The highest BCUT2D eigenvalue weighted by Gasteiger charge is 2.38. The Hall–Kier alpha value is -2.23. The van der Waals surface area contributed by atoms with Crippen molar-refractivity contribution in [1.29, 1.82) is 0 Å². The summed E-state index contributed by atoms with van der Waals surface area (Å²) in [5.41, 5.74) is -1.78. The Labute approximate surface area is 158 Å². The molecule has 1 aromatic rings. The number of hydrogen-bond donors (Lipinski definition) is 1. The van der Waals surface area contributed by atoms with Crippen molar-refractivity contribution >= 4 is 29.5 Å². The number of aromatic nitrogens is 1. The Balaban J connectivity index is 2.24. The van der Waals surface area contributed by atoms with E-state index in [0.29, 0.717) is 12.3 Å². The molecule has 1 fully saturated rings. The molecule has 1 aliphatic rings. The number of carboxylic acids is 1. The topological polar surface area (TPSA) is 83.0 Å². The second kappa shape index (κ2) is 7.41. The number of nitrogens with zero attached hydrogens (tertiary/aromatic N) is 3. The minimum atomic E-state index is -4.61. The van der Waals surface area contributed by atoms with Crippen LogP contribution in [-0.4, -0.2) is 58.3 Å². The number of carbonyl (C=O) groups is 2. The van der Waals surface area contributed by atoms with E-state index >= 15 is 0 Å². The first-order valence-corrected chi connectivity index (χ1v) is 8.37. The van der Waals surface area contributed by atoms with Gasteiger partial charge in [0.1, 0.15) is 17.5 Å². The number of ether oxygens (including phenoxy) is 1. The molecule has 0 unspecified atom stereocenters. The number of hydrogen-bond acceptors (Lipinski definition) is 5. The van der Waals surface area contributed by atoms with Crippen LogP contribution < -0.4 is 4.90 Å². The van der Waals surface area contributed by atoms with E-state index in [2.05, 4.69) is 4.98 Å². The van der Waals surface area contributed by atoms with Crippen LogP contribution in [0, 0.1) is 0 Å². The maximum Gasteiger partial charge on any atom is 0.417 e. The summed E-state index contributed by atoms with van der Waals surface area (Å²) < 4.78 is 43.5. The molecule has 7 nitrogen and oxygen atoms in total. The number of aliphatic carboxylic acids is 1. The molecular formula is C16H19ClF3N3O4. The van der Waals surface area contributed by atoms with E-state index in [9.17, 15) is 27.9 Å². The smallest absolute Gasteiger partial charge is 0.417 e. The lowest BCUT2D eigenvalue weighted by molar-refractivity contribution is -0.140. The monoisotopic (exact) mass is 409 g/mol. The highest BCUT2D eigenvalue weighted by atomic mass is 35.5. The van der Waals surface area contributed by atoms with Crippen LogP contribution in [0.25, 0.3) is 0 Å². The summed E-state index contributed by atoms with van der Waals surface area (Å²) in [5, 5.41) is 9.19. The summed E-state index contributed by atoms with van der Waals surface area (Å²) in [5.74, 6) is -1.35. The average Bonchev–Trinajstić information content (AvgIpc) is 2.51. The summed E-state index contributed by atoms with van der Waals surface area (Å²) in [6.07, 6.45) is -4.68. The highest BCUT2D eigenvalue weighted by molar-refractivity contribution is 6.33. The van der Waals surface area contributed by atoms with Crippen molar-refractivity contribution in [3.8, 4) is 0 Å². The summed E-state index contributed by atoms with van der Waals surface area (Å²) in [6.45, 7) is 4.96. The van der Waals surface area contributed by atoms with Crippen LogP contribution in [-0.2, 0) is 15.7 Å². The maximum atomic E-state index is 12.8. The molecule has 1 N–H and O–H groups in total. The maximum absolute atomic E-state index is 12.8. The molecule has 11 heteroatoms. The van der Waals surface area contributed by atoms with E-state index in [1.54, 1.807) is 20.8 Å². The second-order valence-corrected chi connectivity index (χ2v) is 7.41. The summed E-state index contributed by atoms with van der Waals surface area (Å²) in [6, 6.07) is -0.531. The minimum absolute atomic E-state index is 0.0221. The first kappa shape index (κ1) is 21.1. The predicted molar refractivity (Wildman–Crippen MR) is 90.8 cm³/mol. The Morgan fingerprint density at radius 2 is 1.93 bits per heavy atom. The van der Waals surface area contributed by atoms with Gasteiger partial charge in [0, 0.05) is 19.3 Å². The van der Waals surface area contributed by atoms with E-state index in [4.69, 9.17) is 16.3 Å². The van der Waals surface area contributed by atoms with Gasteiger partial charge in [0.2, 0.25) is 0 Å². The molecule has 2 rings (SSSR count). The summed E-state index contributed by atoms with van der Waals surface area (Å²) in [7, 11) is 0. The fourth-order valence-corrected chi connectivity index (χ4v) is 2.81. The van der Waals surface area contributed by atoms with Crippen molar-refractivity contribution in [1.82, 2.24) is 9.88 Å². The lowest BCUT2D eigenvalue weighted by Crippen LogP contribution is -2.58. The number of alkyl halides is 3. The first-order chi connectivity index (χ1) is 12.3. The van der Waals surface area contributed by atoms with Crippen molar-refractivity contribution in [2.45, 2.75) is 38.6 Å². The van der Waals surface area contributed by atoms with Crippen molar-refractivity contribution in [3.05, 3.63) is 22.8 Å². The van der Waals surface area contributed by atoms with Gasteiger partial charge in [-0.05, 0) is 26.8 Å². The normalized spacial score (nSPS) is 18.4. The number of amides is 1. The molecule has 1 atom stereocenters. The quantitative estimate of drug-likeness (QED) is 0.807. The fraction of sp³-hybridized carbons (Fsp3) is 0.562. The van der Waals surface area contributed by atoms with Crippen LogP contribution in [0.2, 0.25) is 5.02 Å². The van der Waals surface area contributed by atoms with E-state index in [1.165, 1.54) is 9.80 Å². The molecule has 27 heavy (non-hydrogen) atoms. The Bertz CT molecular complexity index is 737. The number of anilines is 1. The lowest BCUT2D eigenvalue weighted by Gasteiger charge is -2.40. The lowest BCUT2D eigenvalue weighted by atomic mass is 10.1. The van der Waals surface area contributed by atoms with Gasteiger partial charge in [-0.15, -0.1) is 0 Å². The molecule has 0 aliphatic carbocycles. The molecule has 0 radical (unpaired) electrons. The van der Waals surface area contributed by atoms with Crippen LogP contribution in [0.1, 0.15) is 26.3 Å². The number of piperazine rings is 1. The molecule has 1 aliphatic heterocycles. The second-order valence-electron chi connectivity index (χ2n) is 7.00. The van der Waals surface area contributed by atoms with Gasteiger partial charge in [0.15, 0.2) is 0 Å². The molecule has 2 heterocycles. The van der Waals surface area contributed by atoms with Crippen LogP contribution >= 0.6 is 11.6 Å². The Morgan fingerprint density at radius 1 is 1.30 bits per heavy atom. The molecule has 0 aromatic carbocycles. The number of halogens is 4. The Morgan fingerprint density at radius 3 is 2.41 bits per heavy atom. The molecule has 1 aromatic heterocycles.